The van der Waals surface area contributed by atoms with Crippen LogP contribution in [-0.4, -0.2) is 53.6 Å². The molecule has 0 unspecified atom stereocenters. The number of aromatic hydroxyl groups is 1. The SMILES string of the molecule is CC(C)c1ccc(CCN(CC(=O)Nc2ccc(C(N)=O)cn2)S(=O)(=O)c2cc(C(=N)N)ccc2O)cc1. The third-order valence-corrected chi connectivity index (χ3v) is 7.69. The van der Waals surface area contributed by atoms with Gasteiger partial charge in [-0.3, -0.25) is 15.0 Å². The summed E-state index contributed by atoms with van der Waals surface area (Å²) in [6.07, 6.45) is 1.49. The summed E-state index contributed by atoms with van der Waals surface area (Å²) in [7, 11) is -4.40. The van der Waals surface area contributed by atoms with E-state index in [1.54, 1.807) is 0 Å². The van der Waals surface area contributed by atoms with Gasteiger partial charge in [-0.05, 0) is 53.8 Å². The Morgan fingerprint density at radius 2 is 1.71 bits per heavy atom. The Morgan fingerprint density at radius 1 is 1.05 bits per heavy atom. The first kappa shape index (κ1) is 28.3. The van der Waals surface area contributed by atoms with Crippen LogP contribution in [0.5, 0.6) is 5.75 Å². The molecule has 0 radical (unpaired) electrons. The highest BCUT2D eigenvalue weighted by atomic mass is 32.2. The zero-order valence-corrected chi connectivity index (χ0v) is 21.8. The standard InChI is InChI=1S/C26H30N6O5S/c1-16(2)18-5-3-17(4-6-18)11-12-32(15-24(34)31-23-10-8-20(14-30-23)26(29)35)38(36,37)22-13-19(25(27)28)7-9-21(22)33/h3-10,13-14,16,33H,11-12,15H2,1-2H3,(H3,27,28)(H2,29,35)(H,30,31,34). The van der Waals surface area contributed by atoms with Crippen LogP contribution in [0.3, 0.4) is 0 Å². The van der Waals surface area contributed by atoms with E-state index in [-0.39, 0.29) is 29.3 Å². The van der Waals surface area contributed by atoms with Gasteiger partial charge in [-0.25, -0.2) is 13.4 Å². The average Bonchev–Trinajstić information content (AvgIpc) is 2.87. The van der Waals surface area contributed by atoms with E-state index < -0.39 is 39.0 Å². The van der Waals surface area contributed by atoms with Gasteiger partial charge >= 0.3 is 0 Å². The van der Waals surface area contributed by atoms with Gasteiger partial charge in [0.25, 0.3) is 0 Å². The number of nitrogens with one attached hydrogen (secondary N) is 2. The Kier molecular flexibility index (Phi) is 8.81. The molecule has 1 aromatic heterocycles. The molecule has 12 heteroatoms. The number of nitrogens with zero attached hydrogens (tertiary/aromatic N) is 2. The molecule has 0 aliphatic heterocycles. The number of hydrogen-bond donors (Lipinski definition) is 5. The van der Waals surface area contributed by atoms with Crippen molar-refractivity contribution >= 4 is 33.5 Å². The summed E-state index contributed by atoms with van der Waals surface area (Å²) < 4.78 is 28.2. The van der Waals surface area contributed by atoms with E-state index in [4.69, 9.17) is 16.9 Å². The summed E-state index contributed by atoms with van der Waals surface area (Å²) in [6.45, 7) is 3.48. The van der Waals surface area contributed by atoms with E-state index in [0.29, 0.717) is 12.3 Å². The third kappa shape index (κ3) is 6.93. The lowest BCUT2D eigenvalue weighted by molar-refractivity contribution is -0.116. The van der Waals surface area contributed by atoms with Crippen molar-refractivity contribution in [3.63, 3.8) is 0 Å². The zero-order chi connectivity index (χ0) is 28.0. The number of nitrogens with two attached hydrogens (primary N) is 2. The number of phenolic OH excluding ortho intramolecular Hbond substituents is 1. The van der Waals surface area contributed by atoms with Crippen LogP contribution in [-0.2, 0) is 21.2 Å². The first-order chi connectivity index (χ1) is 17.9. The minimum atomic E-state index is -4.40. The Morgan fingerprint density at radius 3 is 2.26 bits per heavy atom. The monoisotopic (exact) mass is 538 g/mol. The largest absolute Gasteiger partial charge is 0.507 e. The van der Waals surface area contributed by atoms with Crippen LogP contribution in [0.1, 0.15) is 46.8 Å². The third-order valence-electron chi connectivity index (χ3n) is 5.82. The number of primary amides is 1. The number of anilines is 1. The van der Waals surface area contributed by atoms with Crippen LogP contribution in [0.25, 0.3) is 0 Å². The first-order valence-corrected chi connectivity index (χ1v) is 13.1. The number of nitrogen functional groups attached to an aromatic ring is 1. The summed E-state index contributed by atoms with van der Waals surface area (Å²) in [5, 5.41) is 20.5. The van der Waals surface area contributed by atoms with Gasteiger partial charge in [-0.2, -0.15) is 4.31 Å². The maximum Gasteiger partial charge on any atom is 0.250 e. The number of rotatable bonds is 11. The zero-order valence-electron chi connectivity index (χ0n) is 21.0. The molecule has 11 nitrogen and oxygen atoms in total. The second-order valence-corrected chi connectivity index (χ2v) is 10.8. The molecule has 0 aliphatic carbocycles. The van der Waals surface area contributed by atoms with Gasteiger partial charge in [0.05, 0.1) is 12.1 Å². The molecule has 0 bridgehead atoms. The number of aromatic nitrogens is 1. The predicted octanol–water partition coefficient (Wildman–Crippen LogP) is 2.17. The second-order valence-electron chi connectivity index (χ2n) is 8.93. The molecule has 38 heavy (non-hydrogen) atoms. The number of amidine groups is 1. The summed E-state index contributed by atoms with van der Waals surface area (Å²) in [6, 6.07) is 14.0. The summed E-state index contributed by atoms with van der Waals surface area (Å²) in [4.78, 5) is 27.6. The number of carbonyl (C=O) groups is 2. The fraction of sp³-hybridized carbons (Fsp3) is 0.231. The van der Waals surface area contributed by atoms with E-state index in [0.717, 1.165) is 27.6 Å². The lowest BCUT2D eigenvalue weighted by Crippen LogP contribution is -2.39. The molecular formula is C26H30N6O5S. The summed E-state index contributed by atoms with van der Waals surface area (Å²) >= 11 is 0. The van der Waals surface area contributed by atoms with Crippen molar-refractivity contribution in [2.75, 3.05) is 18.4 Å². The minimum Gasteiger partial charge on any atom is -0.507 e. The van der Waals surface area contributed by atoms with Gasteiger partial charge in [0.2, 0.25) is 21.8 Å². The highest BCUT2D eigenvalue weighted by Gasteiger charge is 2.30. The smallest absolute Gasteiger partial charge is 0.250 e. The molecule has 0 fully saturated rings. The van der Waals surface area contributed by atoms with E-state index >= 15 is 0 Å². The highest BCUT2D eigenvalue weighted by Crippen LogP contribution is 2.27. The maximum absolute atomic E-state index is 13.6. The summed E-state index contributed by atoms with van der Waals surface area (Å²) in [5.41, 5.74) is 13.0. The number of carbonyl (C=O) groups excluding carboxylic acids is 2. The van der Waals surface area contributed by atoms with E-state index in [2.05, 4.69) is 24.1 Å². The molecule has 3 aromatic rings. The van der Waals surface area contributed by atoms with Gasteiger partial charge in [-0.1, -0.05) is 38.1 Å². The van der Waals surface area contributed by atoms with Crippen LogP contribution in [0.2, 0.25) is 0 Å². The van der Waals surface area contributed by atoms with Gasteiger partial charge in [0.15, 0.2) is 0 Å². The molecule has 2 amide bonds. The van der Waals surface area contributed by atoms with E-state index in [9.17, 15) is 23.1 Å². The highest BCUT2D eigenvalue weighted by molar-refractivity contribution is 7.89. The van der Waals surface area contributed by atoms with Crippen molar-refractivity contribution in [3.8, 4) is 5.75 Å². The Bertz CT molecular complexity index is 1440. The fourth-order valence-electron chi connectivity index (χ4n) is 3.59. The number of sulfonamides is 1. The molecule has 0 spiro atoms. The Hall–Kier alpha value is -4.29. The van der Waals surface area contributed by atoms with Crippen LogP contribution in [0.4, 0.5) is 5.82 Å². The maximum atomic E-state index is 13.6. The van der Waals surface area contributed by atoms with Gasteiger partial charge < -0.3 is 21.9 Å². The second kappa shape index (κ2) is 11.8. The summed E-state index contributed by atoms with van der Waals surface area (Å²) in [5.74, 6) is -1.84. The lowest BCUT2D eigenvalue weighted by Gasteiger charge is -2.23. The molecule has 1 heterocycles. The fourth-order valence-corrected chi connectivity index (χ4v) is 5.10. The molecule has 200 valence electrons. The normalized spacial score (nSPS) is 11.5. The lowest BCUT2D eigenvalue weighted by atomic mass is 10.0. The van der Waals surface area contributed by atoms with Crippen molar-refractivity contribution < 1.29 is 23.1 Å². The van der Waals surface area contributed by atoms with Crippen molar-refractivity contribution in [2.45, 2.75) is 31.1 Å². The van der Waals surface area contributed by atoms with Crippen molar-refractivity contribution in [3.05, 3.63) is 83.0 Å². The number of phenols is 1. The van der Waals surface area contributed by atoms with Gasteiger partial charge in [-0.15, -0.1) is 0 Å². The molecule has 0 aliphatic rings. The molecule has 0 atom stereocenters. The molecule has 2 aromatic carbocycles. The molecule has 3 rings (SSSR count). The van der Waals surface area contributed by atoms with Crippen LogP contribution in [0.15, 0.2) is 65.7 Å². The van der Waals surface area contributed by atoms with E-state index in [1.165, 1.54) is 24.4 Å². The number of amides is 2. The number of pyridine rings is 1. The van der Waals surface area contributed by atoms with Crippen LogP contribution in [0, 0.1) is 5.41 Å². The van der Waals surface area contributed by atoms with Crippen molar-refractivity contribution in [1.29, 1.82) is 5.41 Å². The van der Waals surface area contributed by atoms with Crippen molar-refractivity contribution in [2.24, 2.45) is 11.5 Å². The molecule has 0 saturated heterocycles. The Labute approximate surface area is 221 Å². The Balaban J connectivity index is 1.88. The predicted molar refractivity (Wildman–Crippen MR) is 144 cm³/mol. The van der Waals surface area contributed by atoms with Gasteiger partial charge in [0.1, 0.15) is 22.3 Å². The quantitative estimate of drug-likeness (QED) is 0.182. The van der Waals surface area contributed by atoms with Crippen LogP contribution >= 0.6 is 0 Å². The average molecular weight is 539 g/mol. The molecule has 0 saturated carbocycles. The minimum absolute atomic E-state index is 0.0748. The van der Waals surface area contributed by atoms with E-state index in [1.807, 2.05) is 24.3 Å². The molecular weight excluding hydrogens is 508 g/mol. The first-order valence-electron chi connectivity index (χ1n) is 11.7. The van der Waals surface area contributed by atoms with Crippen LogP contribution < -0.4 is 16.8 Å². The number of benzene rings is 2. The number of hydrogen-bond acceptors (Lipinski definition) is 7. The van der Waals surface area contributed by atoms with Gasteiger partial charge in [0, 0.05) is 18.3 Å². The van der Waals surface area contributed by atoms with Crippen molar-refractivity contribution in [1.82, 2.24) is 9.29 Å². The topological polar surface area (TPSA) is 193 Å². The molecule has 7 N–H and O–H groups in total.